The van der Waals surface area contributed by atoms with E-state index in [0.29, 0.717) is 22.1 Å². The molecule has 0 saturated carbocycles. The second-order valence-corrected chi connectivity index (χ2v) is 5.75. The molecule has 0 bridgehead atoms. The summed E-state index contributed by atoms with van der Waals surface area (Å²) in [6, 6.07) is 13.7. The number of methoxy groups -OCH3 is 2. The number of benzene rings is 2. The minimum Gasteiger partial charge on any atom is -0.352 e. The molecule has 0 saturated heterocycles. The zero-order chi connectivity index (χ0) is 17.8. The van der Waals surface area contributed by atoms with Gasteiger partial charge in [-0.05, 0) is 24.3 Å². The highest BCUT2D eigenvalue weighted by atomic mass is 35.5. The number of hydrogen-bond acceptors (Lipinski definition) is 4. The summed E-state index contributed by atoms with van der Waals surface area (Å²) < 4.78 is 24.6. The van der Waals surface area contributed by atoms with Gasteiger partial charge in [0.2, 0.25) is 0 Å². The van der Waals surface area contributed by atoms with Crippen molar-refractivity contribution in [1.29, 1.82) is 0 Å². The molecule has 0 spiro atoms. The van der Waals surface area contributed by atoms with Crippen LogP contribution in [-0.4, -0.2) is 24.2 Å². The summed E-state index contributed by atoms with van der Waals surface area (Å²) >= 11 is 5.80. The molecule has 25 heavy (non-hydrogen) atoms. The fraction of sp³-hybridized carbons (Fsp3) is 0.158. The highest BCUT2D eigenvalue weighted by Crippen LogP contribution is 2.26. The van der Waals surface area contributed by atoms with Crippen molar-refractivity contribution in [2.45, 2.75) is 6.29 Å². The molecule has 3 rings (SSSR count). The minimum absolute atomic E-state index is 0.344. The van der Waals surface area contributed by atoms with Crippen molar-refractivity contribution in [3.8, 4) is 22.6 Å². The smallest absolute Gasteiger partial charge is 0.183 e. The Morgan fingerprint density at radius 3 is 2.36 bits per heavy atom. The third-order valence-corrected chi connectivity index (χ3v) is 3.97. The van der Waals surface area contributed by atoms with Gasteiger partial charge in [0.05, 0.1) is 5.69 Å². The molecule has 0 N–H and O–H groups in total. The summed E-state index contributed by atoms with van der Waals surface area (Å²) in [7, 11) is 3.16. The van der Waals surface area contributed by atoms with Crippen LogP contribution in [0.25, 0.3) is 22.6 Å². The van der Waals surface area contributed by atoms with Gasteiger partial charge in [-0.3, -0.25) is 0 Å². The molecule has 0 fully saturated rings. The summed E-state index contributed by atoms with van der Waals surface area (Å²) in [6.45, 7) is 0. The van der Waals surface area contributed by atoms with Crippen LogP contribution < -0.4 is 0 Å². The molecule has 0 amide bonds. The maximum atomic E-state index is 14.1. The first-order chi connectivity index (χ1) is 12.1. The van der Waals surface area contributed by atoms with E-state index in [1.807, 2.05) is 24.3 Å². The molecule has 1 aromatic heterocycles. The Labute approximate surface area is 150 Å². The van der Waals surface area contributed by atoms with Crippen LogP contribution in [0.15, 0.2) is 54.7 Å². The second kappa shape index (κ2) is 7.70. The Kier molecular flexibility index (Phi) is 5.38. The fourth-order valence-electron chi connectivity index (χ4n) is 2.50. The molecule has 0 radical (unpaired) electrons. The second-order valence-electron chi connectivity index (χ2n) is 5.31. The van der Waals surface area contributed by atoms with Crippen LogP contribution in [0.2, 0.25) is 5.02 Å². The maximum Gasteiger partial charge on any atom is 0.183 e. The molecule has 3 aromatic rings. The number of halogens is 2. The van der Waals surface area contributed by atoms with E-state index in [0.717, 1.165) is 11.1 Å². The van der Waals surface area contributed by atoms with Gasteiger partial charge < -0.3 is 9.47 Å². The summed E-state index contributed by atoms with van der Waals surface area (Å²) in [5, 5.41) is 0.344. The molecule has 2 aromatic carbocycles. The van der Waals surface area contributed by atoms with Crippen molar-refractivity contribution in [2.75, 3.05) is 14.2 Å². The molecule has 0 unspecified atom stereocenters. The van der Waals surface area contributed by atoms with Gasteiger partial charge in [0.15, 0.2) is 12.1 Å². The summed E-state index contributed by atoms with van der Waals surface area (Å²) in [6.07, 6.45) is 1.18. The quantitative estimate of drug-likeness (QED) is 0.609. The van der Waals surface area contributed by atoms with E-state index >= 15 is 0 Å². The molecule has 0 aliphatic heterocycles. The van der Waals surface area contributed by atoms with E-state index in [1.54, 1.807) is 38.6 Å². The largest absolute Gasteiger partial charge is 0.352 e. The zero-order valence-electron chi connectivity index (χ0n) is 13.7. The van der Waals surface area contributed by atoms with Crippen LogP contribution in [0.4, 0.5) is 4.39 Å². The molecular formula is C19H16ClFN2O2. The summed E-state index contributed by atoms with van der Waals surface area (Å²) in [5.41, 5.74) is 2.57. The van der Waals surface area contributed by atoms with Gasteiger partial charge in [0.25, 0.3) is 0 Å². The number of nitrogens with zero attached hydrogens (tertiary/aromatic N) is 2. The first kappa shape index (κ1) is 17.5. The van der Waals surface area contributed by atoms with Crippen LogP contribution >= 0.6 is 11.6 Å². The minimum atomic E-state index is -0.426. The van der Waals surface area contributed by atoms with Crippen molar-refractivity contribution in [2.24, 2.45) is 0 Å². The van der Waals surface area contributed by atoms with Crippen molar-refractivity contribution < 1.29 is 13.9 Å². The number of hydrogen-bond donors (Lipinski definition) is 0. The van der Waals surface area contributed by atoms with Crippen molar-refractivity contribution in [3.05, 3.63) is 71.1 Å². The first-order valence-electron chi connectivity index (χ1n) is 7.56. The number of rotatable bonds is 5. The standard InChI is InChI=1S/C19H16ClFN2O2/c1-24-19(25-2)13-5-3-12(4-6-13)18-22-10-9-17(23-18)15-8-7-14(20)11-16(15)21/h3-11,19H,1-2H3. The van der Waals surface area contributed by atoms with E-state index < -0.39 is 12.1 Å². The number of ether oxygens (including phenoxy) is 2. The lowest BCUT2D eigenvalue weighted by Gasteiger charge is -2.13. The van der Waals surface area contributed by atoms with E-state index in [4.69, 9.17) is 21.1 Å². The van der Waals surface area contributed by atoms with Gasteiger partial charge >= 0.3 is 0 Å². The van der Waals surface area contributed by atoms with E-state index in [1.165, 1.54) is 6.07 Å². The van der Waals surface area contributed by atoms with Crippen molar-refractivity contribution in [3.63, 3.8) is 0 Å². The Bertz CT molecular complexity index is 868. The highest BCUT2D eigenvalue weighted by Gasteiger charge is 2.11. The average molecular weight is 359 g/mol. The zero-order valence-corrected chi connectivity index (χ0v) is 14.5. The molecule has 128 valence electrons. The third-order valence-electron chi connectivity index (χ3n) is 3.73. The molecule has 4 nitrogen and oxygen atoms in total. The predicted molar refractivity (Wildman–Crippen MR) is 94.6 cm³/mol. The van der Waals surface area contributed by atoms with Crippen LogP contribution in [-0.2, 0) is 9.47 Å². The highest BCUT2D eigenvalue weighted by molar-refractivity contribution is 6.30. The first-order valence-corrected chi connectivity index (χ1v) is 7.94. The molecule has 0 atom stereocenters. The summed E-state index contributed by atoms with van der Waals surface area (Å²) in [4.78, 5) is 8.74. The molecule has 0 aliphatic carbocycles. The van der Waals surface area contributed by atoms with E-state index in [-0.39, 0.29) is 0 Å². The van der Waals surface area contributed by atoms with Crippen LogP contribution in [0.5, 0.6) is 0 Å². The summed E-state index contributed by atoms with van der Waals surface area (Å²) in [5.74, 6) is 0.0836. The predicted octanol–water partition coefficient (Wildman–Crippen LogP) is 4.89. The lowest BCUT2D eigenvalue weighted by molar-refractivity contribution is -0.106. The molecular weight excluding hydrogens is 343 g/mol. The Morgan fingerprint density at radius 1 is 1.00 bits per heavy atom. The van der Waals surface area contributed by atoms with Gasteiger partial charge in [0.1, 0.15) is 5.82 Å². The SMILES string of the molecule is COC(OC)c1ccc(-c2nccc(-c3ccc(Cl)cc3F)n2)cc1. The van der Waals surface area contributed by atoms with E-state index in [2.05, 4.69) is 9.97 Å². The average Bonchev–Trinajstić information content (AvgIpc) is 2.63. The third kappa shape index (κ3) is 3.85. The lowest BCUT2D eigenvalue weighted by atomic mass is 10.1. The number of aromatic nitrogens is 2. The maximum absolute atomic E-state index is 14.1. The van der Waals surface area contributed by atoms with Gasteiger partial charge in [-0.1, -0.05) is 35.9 Å². The van der Waals surface area contributed by atoms with Crippen LogP contribution in [0.3, 0.4) is 0 Å². The van der Waals surface area contributed by atoms with Crippen molar-refractivity contribution >= 4 is 11.6 Å². The van der Waals surface area contributed by atoms with Gasteiger partial charge in [-0.2, -0.15) is 0 Å². The van der Waals surface area contributed by atoms with Gasteiger partial charge in [-0.15, -0.1) is 0 Å². The lowest BCUT2D eigenvalue weighted by Crippen LogP contribution is -2.03. The molecule has 1 heterocycles. The normalized spacial score (nSPS) is 11.1. The van der Waals surface area contributed by atoms with E-state index in [9.17, 15) is 4.39 Å². The molecule has 0 aliphatic rings. The van der Waals surface area contributed by atoms with Crippen LogP contribution in [0.1, 0.15) is 11.9 Å². The van der Waals surface area contributed by atoms with Gasteiger partial charge in [-0.25, -0.2) is 14.4 Å². The van der Waals surface area contributed by atoms with Gasteiger partial charge in [0, 0.05) is 42.1 Å². The monoisotopic (exact) mass is 358 g/mol. The van der Waals surface area contributed by atoms with Crippen molar-refractivity contribution in [1.82, 2.24) is 9.97 Å². The Hall–Kier alpha value is -2.34. The fourth-order valence-corrected chi connectivity index (χ4v) is 2.66. The van der Waals surface area contributed by atoms with Crippen LogP contribution in [0, 0.1) is 5.82 Å². The topological polar surface area (TPSA) is 44.2 Å². The molecule has 6 heteroatoms. The Balaban J connectivity index is 1.94. The Morgan fingerprint density at radius 2 is 1.72 bits per heavy atom.